The number of nitrogens with zero attached hydrogens (tertiary/aromatic N) is 2. The van der Waals surface area contributed by atoms with Crippen molar-refractivity contribution in [3.8, 4) is 0 Å². The van der Waals surface area contributed by atoms with Crippen LogP contribution in [0, 0.1) is 18.3 Å². The van der Waals surface area contributed by atoms with Gasteiger partial charge in [-0.1, -0.05) is 26.0 Å². The minimum Gasteiger partial charge on any atom is -0.369 e. The molecule has 3 heteroatoms. The van der Waals surface area contributed by atoms with Gasteiger partial charge in [0.15, 0.2) is 0 Å². The fourth-order valence-electron chi connectivity index (χ4n) is 2.94. The van der Waals surface area contributed by atoms with Gasteiger partial charge in [0.05, 0.1) is 11.0 Å². The summed E-state index contributed by atoms with van der Waals surface area (Å²) in [6, 6.07) is 6.23. The maximum absolute atomic E-state index is 6.11. The molecule has 0 radical (unpaired) electrons. The zero-order chi connectivity index (χ0) is 12.9. The van der Waals surface area contributed by atoms with Crippen molar-refractivity contribution in [1.29, 1.82) is 0 Å². The van der Waals surface area contributed by atoms with Crippen molar-refractivity contribution in [3.05, 3.63) is 23.8 Å². The quantitative estimate of drug-likeness (QED) is 0.898. The zero-order valence-corrected chi connectivity index (χ0v) is 11.4. The van der Waals surface area contributed by atoms with Gasteiger partial charge in [0.1, 0.15) is 0 Å². The van der Waals surface area contributed by atoms with E-state index in [1.54, 1.807) is 0 Å². The molecule has 1 aromatic heterocycles. The van der Waals surface area contributed by atoms with E-state index in [-0.39, 0.29) is 0 Å². The highest BCUT2D eigenvalue weighted by Crippen LogP contribution is 2.53. The monoisotopic (exact) mass is 243 g/mol. The topological polar surface area (TPSA) is 43.8 Å². The fourth-order valence-corrected chi connectivity index (χ4v) is 2.94. The molecule has 0 aliphatic heterocycles. The number of aromatic nitrogens is 2. The first kappa shape index (κ1) is 11.6. The number of hydrogen-bond donors (Lipinski definition) is 1. The maximum atomic E-state index is 6.11. The van der Waals surface area contributed by atoms with Crippen molar-refractivity contribution in [2.75, 3.05) is 5.73 Å². The van der Waals surface area contributed by atoms with Gasteiger partial charge < -0.3 is 10.3 Å². The van der Waals surface area contributed by atoms with Crippen LogP contribution in [0.5, 0.6) is 0 Å². The van der Waals surface area contributed by atoms with E-state index in [4.69, 9.17) is 5.73 Å². The third-order valence-corrected chi connectivity index (χ3v) is 4.59. The molecule has 0 spiro atoms. The summed E-state index contributed by atoms with van der Waals surface area (Å²) in [5.41, 5.74) is 10.0. The lowest BCUT2D eigenvalue weighted by molar-refractivity contribution is 0.314. The number of rotatable bonds is 3. The van der Waals surface area contributed by atoms with E-state index in [2.05, 4.69) is 36.4 Å². The highest BCUT2D eigenvalue weighted by Gasteiger charge is 2.46. The zero-order valence-electron chi connectivity index (χ0n) is 11.4. The highest BCUT2D eigenvalue weighted by molar-refractivity contribution is 5.81. The summed E-state index contributed by atoms with van der Waals surface area (Å²) in [5.74, 6) is 1.37. The van der Waals surface area contributed by atoms with E-state index < -0.39 is 0 Å². The van der Waals surface area contributed by atoms with Crippen LogP contribution in [0.2, 0.25) is 0 Å². The number of imidazole rings is 1. The van der Waals surface area contributed by atoms with Gasteiger partial charge in [0.25, 0.3) is 0 Å². The van der Waals surface area contributed by atoms with Crippen LogP contribution < -0.4 is 5.73 Å². The van der Waals surface area contributed by atoms with E-state index >= 15 is 0 Å². The third kappa shape index (κ3) is 1.61. The Balaban J connectivity index is 2.09. The molecule has 0 saturated heterocycles. The van der Waals surface area contributed by atoms with Gasteiger partial charge in [-0.25, -0.2) is 4.98 Å². The molecule has 0 atom stereocenters. The van der Waals surface area contributed by atoms with Crippen LogP contribution >= 0.6 is 0 Å². The Kier molecular flexibility index (Phi) is 2.40. The van der Waals surface area contributed by atoms with Gasteiger partial charge in [-0.2, -0.15) is 0 Å². The van der Waals surface area contributed by atoms with Crippen molar-refractivity contribution in [2.45, 2.75) is 40.2 Å². The number of benzene rings is 1. The average molecular weight is 243 g/mol. The minimum atomic E-state index is 0.448. The maximum Gasteiger partial charge on any atom is 0.201 e. The first-order valence-electron chi connectivity index (χ1n) is 6.75. The molecule has 1 saturated carbocycles. The fraction of sp³-hybridized carbons (Fsp3) is 0.533. The van der Waals surface area contributed by atoms with E-state index in [1.165, 1.54) is 23.9 Å². The van der Waals surface area contributed by atoms with Crippen molar-refractivity contribution < 1.29 is 0 Å². The summed E-state index contributed by atoms with van der Waals surface area (Å²) in [4.78, 5) is 4.49. The van der Waals surface area contributed by atoms with Gasteiger partial charge >= 0.3 is 0 Å². The van der Waals surface area contributed by atoms with Crippen LogP contribution in [0.15, 0.2) is 18.2 Å². The first-order valence-corrected chi connectivity index (χ1v) is 6.75. The van der Waals surface area contributed by atoms with Crippen molar-refractivity contribution in [1.82, 2.24) is 9.55 Å². The number of aryl methyl sites for hydroxylation is 1. The predicted molar refractivity (Wildman–Crippen MR) is 75.4 cm³/mol. The number of anilines is 1. The number of para-hydroxylation sites is 1. The highest BCUT2D eigenvalue weighted by atomic mass is 15.2. The molecule has 3 rings (SSSR count). The number of hydrogen-bond acceptors (Lipinski definition) is 2. The van der Waals surface area contributed by atoms with E-state index in [0.717, 1.165) is 12.1 Å². The van der Waals surface area contributed by atoms with Gasteiger partial charge in [-0.3, -0.25) is 0 Å². The molecule has 0 bridgehead atoms. The lowest BCUT2D eigenvalue weighted by Crippen LogP contribution is -2.19. The number of nitrogen functional groups attached to an aromatic ring is 1. The second-order valence-electron chi connectivity index (χ2n) is 6.02. The molecule has 0 amide bonds. The summed E-state index contributed by atoms with van der Waals surface area (Å²) >= 11 is 0. The summed E-state index contributed by atoms with van der Waals surface area (Å²) in [5, 5.41) is 0. The van der Waals surface area contributed by atoms with Crippen molar-refractivity contribution >= 4 is 17.0 Å². The third-order valence-electron chi connectivity index (χ3n) is 4.59. The first-order chi connectivity index (χ1) is 8.53. The second kappa shape index (κ2) is 3.74. The molecule has 1 heterocycles. The SMILES string of the molecule is Cc1cccc2nc(N)n(CC3(C(C)C)CC3)c12. The van der Waals surface area contributed by atoms with Crippen LogP contribution in [0.4, 0.5) is 5.95 Å². The molecule has 18 heavy (non-hydrogen) atoms. The van der Waals surface area contributed by atoms with Crippen LogP contribution in [0.3, 0.4) is 0 Å². The Labute approximate surface area is 108 Å². The molecule has 0 unspecified atom stereocenters. The second-order valence-corrected chi connectivity index (χ2v) is 6.02. The number of nitrogens with two attached hydrogens (primary N) is 1. The van der Waals surface area contributed by atoms with Crippen LogP contribution in [0.25, 0.3) is 11.0 Å². The number of fused-ring (bicyclic) bond motifs is 1. The Morgan fingerprint density at radius 3 is 2.72 bits per heavy atom. The Morgan fingerprint density at radius 1 is 1.39 bits per heavy atom. The average Bonchev–Trinajstić information content (AvgIpc) is 3.01. The van der Waals surface area contributed by atoms with E-state index in [0.29, 0.717) is 17.3 Å². The summed E-state index contributed by atoms with van der Waals surface area (Å²) in [6.45, 7) is 7.77. The van der Waals surface area contributed by atoms with E-state index in [9.17, 15) is 0 Å². The molecule has 3 nitrogen and oxygen atoms in total. The predicted octanol–water partition coefficient (Wildman–Crippen LogP) is 3.36. The van der Waals surface area contributed by atoms with Crippen molar-refractivity contribution in [3.63, 3.8) is 0 Å². The molecule has 1 aromatic carbocycles. The van der Waals surface area contributed by atoms with Crippen LogP contribution in [-0.2, 0) is 6.54 Å². The Hall–Kier alpha value is -1.51. The van der Waals surface area contributed by atoms with Crippen LogP contribution in [-0.4, -0.2) is 9.55 Å². The molecule has 2 aromatic rings. The largest absolute Gasteiger partial charge is 0.369 e. The van der Waals surface area contributed by atoms with Crippen LogP contribution in [0.1, 0.15) is 32.3 Å². The molecular weight excluding hydrogens is 222 g/mol. The van der Waals surface area contributed by atoms with Gasteiger partial charge in [-0.15, -0.1) is 0 Å². The van der Waals surface area contributed by atoms with Gasteiger partial charge in [-0.05, 0) is 42.7 Å². The standard InChI is InChI=1S/C15H21N3/c1-10(2)15(7-8-15)9-18-13-11(3)5-4-6-12(13)17-14(18)16/h4-6,10H,7-9H2,1-3H3,(H2,16,17). The normalized spacial score (nSPS) is 17.6. The lowest BCUT2D eigenvalue weighted by atomic mass is 9.92. The van der Waals surface area contributed by atoms with Crippen molar-refractivity contribution in [2.24, 2.45) is 11.3 Å². The molecule has 1 aliphatic rings. The molecule has 1 fully saturated rings. The molecule has 2 N–H and O–H groups in total. The summed E-state index contributed by atoms with van der Waals surface area (Å²) in [6.07, 6.45) is 2.63. The van der Waals surface area contributed by atoms with Gasteiger partial charge in [0.2, 0.25) is 5.95 Å². The molecule has 96 valence electrons. The lowest BCUT2D eigenvalue weighted by Gasteiger charge is -2.21. The molecule has 1 aliphatic carbocycles. The Morgan fingerprint density at radius 2 is 2.11 bits per heavy atom. The summed E-state index contributed by atoms with van der Waals surface area (Å²) in [7, 11) is 0. The van der Waals surface area contributed by atoms with E-state index in [1.807, 2.05) is 12.1 Å². The molecular formula is C15H21N3. The minimum absolute atomic E-state index is 0.448. The Bertz CT molecular complexity index is 591. The smallest absolute Gasteiger partial charge is 0.201 e. The van der Waals surface area contributed by atoms with Gasteiger partial charge in [0, 0.05) is 6.54 Å². The summed E-state index contributed by atoms with van der Waals surface area (Å²) < 4.78 is 2.22.